The van der Waals surface area contributed by atoms with Gasteiger partial charge in [0.15, 0.2) is 0 Å². The Morgan fingerprint density at radius 1 is 0.955 bits per heavy atom. The number of carbonyl (C=O) groups excluding carboxylic acids is 1. The minimum atomic E-state index is -0.863. The Balaban J connectivity index is 1.02. The summed E-state index contributed by atoms with van der Waals surface area (Å²) in [5.41, 5.74) is 5.03. The number of aromatic nitrogens is 2. The molecule has 0 radical (unpaired) electrons. The molecular weight excluding hydrogens is 554 g/mol. The lowest BCUT2D eigenvalue weighted by Crippen LogP contribution is -2.46. The Labute approximate surface area is 259 Å². The zero-order chi connectivity index (χ0) is 30.6. The van der Waals surface area contributed by atoms with Crippen molar-refractivity contribution in [1.82, 2.24) is 19.8 Å². The molecule has 9 nitrogen and oxygen atoms in total. The highest BCUT2D eigenvalue weighted by molar-refractivity contribution is 5.94. The van der Waals surface area contributed by atoms with Gasteiger partial charge in [-0.25, -0.2) is 14.8 Å². The molecule has 3 aliphatic heterocycles. The topological polar surface area (TPSA) is 108 Å². The Morgan fingerprint density at radius 3 is 2.50 bits per heavy atom. The maximum absolute atomic E-state index is 13.6. The second-order valence-corrected chi connectivity index (χ2v) is 12.6. The maximum atomic E-state index is 13.6. The number of aryl methyl sites for hydroxylation is 1. The molecule has 1 amide bonds. The van der Waals surface area contributed by atoms with Crippen molar-refractivity contribution in [2.24, 2.45) is 0 Å². The standard InChI is InChI=1S/C35H43N5O4/c1-23-10-12-25(13-11-23)31-9-5-6-28(44-31)20-36-33-24(2)32(37-22-38-33)34(41)39-18-15-27(16-19-39)40-17-14-26(21-40)29-7-3-4-8-30(29)35(42)43/h3-4,7-8,10-13,22,26-28,31H,5-6,9,14-21H2,1-2H3,(H,42,43)(H,36,37,38). The van der Waals surface area contributed by atoms with Crippen molar-refractivity contribution in [2.75, 3.05) is 38.0 Å². The van der Waals surface area contributed by atoms with Crippen LogP contribution in [0.2, 0.25) is 0 Å². The summed E-state index contributed by atoms with van der Waals surface area (Å²) in [6, 6.07) is 16.4. The number of carbonyl (C=O) groups is 2. The predicted molar refractivity (Wildman–Crippen MR) is 169 cm³/mol. The number of hydrogen-bond acceptors (Lipinski definition) is 7. The van der Waals surface area contributed by atoms with E-state index in [1.807, 2.05) is 24.0 Å². The second-order valence-electron chi connectivity index (χ2n) is 12.6. The lowest BCUT2D eigenvalue weighted by molar-refractivity contribution is -0.0442. The summed E-state index contributed by atoms with van der Waals surface area (Å²) in [4.78, 5) is 38.6. The highest BCUT2D eigenvalue weighted by Gasteiger charge is 2.34. The van der Waals surface area contributed by atoms with Gasteiger partial charge in [-0.15, -0.1) is 0 Å². The Hall–Kier alpha value is -3.82. The largest absolute Gasteiger partial charge is 0.478 e. The average molecular weight is 598 g/mol. The van der Waals surface area contributed by atoms with Gasteiger partial charge in [-0.05, 0) is 82.0 Å². The molecule has 0 aliphatic carbocycles. The third kappa shape index (κ3) is 6.64. The number of benzene rings is 2. The van der Waals surface area contributed by atoms with Crippen molar-refractivity contribution < 1.29 is 19.4 Å². The predicted octanol–water partition coefficient (Wildman–Crippen LogP) is 5.61. The molecular formula is C35H43N5O4. The molecule has 44 heavy (non-hydrogen) atoms. The molecule has 0 bridgehead atoms. The third-order valence-corrected chi connectivity index (χ3v) is 9.70. The second kappa shape index (κ2) is 13.4. The quantitative estimate of drug-likeness (QED) is 0.345. The molecule has 0 saturated carbocycles. The number of piperidine rings is 1. The first-order valence-corrected chi connectivity index (χ1v) is 16.0. The first-order valence-electron chi connectivity index (χ1n) is 16.0. The fourth-order valence-corrected chi connectivity index (χ4v) is 7.13. The van der Waals surface area contributed by atoms with Crippen LogP contribution in [0.5, 0.6) is 0 Å². The van der Waals surface area contributed by atoms with Gasteiger partial charge in [-0.1, -0.05) is 48.0 Å². The molecule has 3 aliphatic rings. The Kier molecular flexibility index (Phi) is 9.23. The van der Waals surface area contributed by atoms with Gasteiger partial charge in [0.1, 0.15) is 17.8 Å². The van der Waals surface area contributed by atoms with Crippen molar-refractivity contribution in [1.29, 1.82) is 0 Å². The fourth-order valence-electron chi connectivity index (χ4n) is 7.13. The van der Waals surface area contributed by atoms with Crippen LogP contribution in [0.15, 0.2) is 54.9 Å². The summed E-state index contributed by atoms with van der Waals surface area (Å²) in [6.45, 7) is 7.82. The van der Waals surface area contributed by atoms with E-state index in [0.717, 1.165) is 62.7 Å². The summed E-state index contributed by atoms with van der Waals surface area (Å²) in [6.07, 6.45) is 7.54. The van der Waals surface area contributed by atoms with Gasteiger partial charge in [-0.2, -0.15) is 0 Å². The van der Waals surface area contributed by atoms with Crippen LogP contribution in [-0.2, 0) is 4.74 Å². The number of carboxylic acids is 1. The zero-order valence-corrected chi connectivity index (χ0v) is 25.7. The van der Waals surface area contributed by atoms with Crippen molar-refractivity contribution in [3.05, 3.63) is 88.4 Å². The third-order valence-electron chi connectivity index (χ3n) is 9.70. The molecule has 3 aromatic rings. The Morgan fingerprint density at radius 2 is 1.73 bits per heavy atom. The average Bonchev–Trinajstić information content (AvgIpc) is 3.55. The van der Waals surface area contributed by atoms with Crippen LogP contribution in [0.1, 0.15) is 93.6 Å². The summed E-state index contributed by atoms with van der Waals surface area (Å²) in [5.74, 6) is 0.000787. The number of aromatic carboxylic acids is 1. The van der Waals surface area contributed by atoms with Crippen molar-refractivity contribution >= 4 is 17.7 Å². The molecule has 3 unspecified atom stereocenters. The van der Waals surface area contributed by atoms with Crippen LogP contribution in [0.4, 0.5) is 5.82 Å². The summed E-state index contributed by atoms with van der Waals surface area (Å²) in [7, 11) is 0. The molecule has 3 fully saturated rings. The van der Waals surface area contributed by atoms with Crippen LogP contribution >= 0.6 is 0 Å². The number of anilines is 1. The van der Waals surface area contributed by atoms with Gasteiger partial charge < -0.3 is 20.1 Å². The molecule has 6 rings (SSSR count). The SMILES string of the molecule is Cc1ccc(C2CCCC(CNc3ncnc(C(=O)N4CCC(N5CCC(c6ccccc6C(=O)O)C5)CC4)c3C)O2)cc1. The van der Waals surface area contributed by atoms with Gasteiger partial charge in [-0.3, -0.25) is 9.69 Å². The van der Waals surface area contributed by atoms with E-state index >= 15 is 0 Å². The number of hydrogen-bond donors (Lipinski definition) is 2. The van der Waals surface area contributed by atoms with E-state index in [2.05, 4.69) is 51.4 Å². The smallest absolute Gasteiger partial charge is 0.335 e. The van der Waals surface area contributed by atoms with E-state index in [4.69, 9.17) is 4.74 Å². The molecule has 232 valence electrons. The first kappa shape index (κ1) is 30.2. The van der Waals surface area contributed by atoms with Gasteiger partial charge in [0.2, 0.25) is 0 Å². The van der Waals surface area contributed by atoms with Gasteiger partial charge >= 0.3 is 5.97 Å². The minimum Gasteiger partial charge on any atom is -0.478 e. The monoisotopic (exact) mass is 597 g/mol. The molecule has 3 saturated heterocycles. The van der Waals surface area contributed by atoms with Crippen LogP contribution in [0.3, 0.4) is 0 Å². The van der Waals surface area contributed by atoms with E-state index < -0.39 is 5.97 Å². The first-order chi connectivity index (χ1) is 21.4. The van der Waals surface area contributed by atoms with Crippen molar-refractivity contribution in [3.63, 3.8) is 0 Å². The summed E-state index contributed by atoms with van der Waals surface area (Å²) < 4.78 is 6.44. The number of rotatable bonds is 8. The van der Waals surface area contributed by atoms with E-state index in [9.17, 15) is 14.7 Å². The number of ether oxygens (including phenoxy) is 1. The van der Waals surface area contributed by atoms with E-state index in [1.54, 1.807) is 12.1 Å². The fraction of sp³-hybridized carbons (Fsp3) is 0.486. The molecule has 2 aromatic carbocycles. The molecule has 4 heterocycles. The Bertz CT molecular complexity index is 1470. The van der Waals surface area contributed by atoms with Crippen LogP contribution in [0, 0.1) is 13.8 Å². The lowest BCUT2D eigenvalue weighted by atomic mass is 9.93. The highest BCUT2D eigenvalue weighted by atomic mass is 16.5. The number of nitrogens with one attached hydrogen (secondary N) is 1. The molecule has 2 N–H and O–H groups in total. The number of amides is 1. The van der Waals surface area contributed by atoms with Gasteiger partial charge in [0, 0.05) is 37.8 Å². The van der Waals surface area contributed by atoms with Gasteiger partial charge in [0.05, 0.1) is 17.8 Å². The van der Waals surface area contributed by atoms with Crippen LogP contribution in [0.25, 0.3) is 0 Å². The van der Waals surface area contributed by atoms with E-state index in [1.165, 1.54) is 17.5 Å². The summed E-state index contributed by atoms with van der Waals surface area (Å²) >= 11 is 0. The molecule has 0 spiro atoms. The molecule has 1 aromatic heterocycles. The normalized spacial score (nSPS) is 23.0. The number of likely N-dealkylation sites (tertiary alicyclic amines) is 2. The number of carboxylic acid groups (broad SMARTS) is 1. The van der Waals surface area contributed by atoms with Crippen LogP contribution < -0.4 is 5.32 Å². The maximum Gasteiger partial charge on any atom is 0.335 e. The number of nitrogens with zero attached hydrogens (tertiary/aromatic N) is 4. The minimum absolute atomic E-state index is 0.0468. The van der Waals surface area contributed by atoms with Crippen molar-refractivity contribution in [3.8, 4) is 0 Å². The molecule has 3 atom stereocenters. The lowest BCUT2D eigenvalue weighted by Gasteiger charge is -2.37. The zero-order valence-electron chi connectivity index (χ0n) is 25.7. The van der Waals surface area contributed by atoms with Crippen molar-refractivity contribution in [2.45, 2.75) is 76.5 Å². The van der Waals surface area contributed by atoms with Gasteiger partial charge in [0.25, 0.3) is 5.91 Å². The van der Waals surface area contributed by atoms with E-state index in [0.29, 0.717) is 42.8 Å². The highest BCUT2D eigenvalue weighted by Crippen LogP contribution is 2.34. The van der Waals surface area contributed by atoms with E-state index in [-0.39, 0.29) is 24.0 Å². The van der Waals surface area contributed by atoms with Crippen LogP contribution in [-0.4, -0.2) is 81.6 Å². The summed E-state index contributed by atoms with van der Waals surface area (Å²) in [5, 5.41) is 13.1. The molecule has 9 heteroatoms.